The fourth-order valence-electron chi connectivity index (χ4n) is 2.47. The molecule has 1 unspecified atom stereocenters. The van der Waals surface area contributed by atoms with Gasteiger partial charge in [-0.05, 0) is 18.9 Å². The van der Waals surface area contributed by atoms with Crippen molar-refractivity contribution in [3.8, 4) is 0 Å². The van der Waals surface area contributed by atoms with E-state index in [1.54, 1.807) is 0 Å². The second kappa shape index (κ2) is 6.95. The summed E-state index contributed by atoms with van der Waals surface area (Å²) in [6.07, 6.45) is -2.04. The summed E-state index contributed by atoms with van der Waals surface area (Å²) in [5, 5.41) is 2.91. The van der Waals surface area contributed by atoms with Crippen molar-refractivity contribution in [1.82, 2.24) is 10.3 Å². The molecule has 1 aromatic rings. The van der Waals surface area contributed by atoms with Crippen molar-refractivity contribution < 1.29 is 18.0 Å². The first kappa shape index (κ1) is 17.8. The van der Waals surface area contributed by atoms with Gasteiger partial charge in [0.25, 0.3) is 0 Å². The average molecular weight is 350 g/mol. The van der Waals surface area contributed by atoms with Crippen molar-refractivity contribution in [2.45, 2.75) is 38.9 Å². The van der Waals surface area contributed by atoms with Crippen LogP contribution in [0.2, 0.25) is 5.02 Å². The number of hydrogen-bond donors (Lipinski definition) is 1. The largest absolute Gasteiger partial charge is 0.417 e. The van der Waals surface area contributed by atoms with Crippen LogP contribution in [0, 0.1) is 5.92 Å². The van der Waals surface area contributed by atoms with Crippen molar-refractivity contribution in [1.29, 1.82) is 0 Å². The zero-order valence-electron chi connectivity index (χ0n) is 13.0. The number of nitrogens with one attached hydrogen (secondary N) is 1. The lowest BCUT2D eigenvalue weighted by Crippen LogP contribution is -2.49. The van der Waals surface area contributed by atoms with Crippen molar-refractivity contribution in [2.75, 3.05) is 18.0 Å². The molecule has 1 atom stereocenters. The van der Waals surface area contributed by atoms with E-state index in [2.05, 4.69) is 10.3 Å². The summed E-state index contributed by atoms with van der Waals surface area (Å²) in [4.78, 5) is 17.5. The van der Waals surface area contributed by atoms with Crippen LogP contribution in [0.25, 0.3) is 0 Å². The number of alkyl halides is 3. The molecule has 1 N–H and O–H groups in total. The number of aromatic nitrogens is 1. The van der Waals surface area contributed by atoms with E-state index in [1.807, 2.05) is 18.7 Å². The number of pyridine rings is 1. The molecule has 0 aliphatic carbocycles. The first-order chi connectivity index (χ1) is 10.7. The molecule has 8 heteroatoms. The van der Waals surface area contributed by atoms with Gasteiger partial charge in [0.15, 0.2) is 0 Å². The van der Waals surface area contributed by atoms with E-state index in [4.69, 9.17) is 11.6 Å². The fraction of sp³-hybridized carbons (Fsp3) is 0.600. The Kier molecular flexibility index (Phi) is 5.39. The van der Waals surface area contributed by atoms with Gasteiger partial charge in [0.05, 0.1) is 10.6 Å². The Labute approximate surface area is 138 Å². The number of amides is 1. The fourth-order valence-corrected chi connectivity index (χ4v) is 2.76. The molecule has 4 nitrogen and oxygen atoms in total. The Morgan fingerprint density at radius 1 is 1.48 bits per heavy atom. The third kappa shape index (κ3) is 4.50. The zero-order chi connectivity index (χ0) is 17.2. The number of halogens is 4. The molecule has 1 aliphatic heterocycles. The molecule has 128 valence electrons. The van der Waals surface area contributed by atoms with E-state index >= 15 is 0 Å². The molecule has 23 heavy (non-hydrogen) atoms. The van der Waals surface area contributed by atoms with Gasteiger partial charge < -0.3 is 10.2 Å². The summed E-state index contributed by atoms with van der Waals surface area (Å²) in [6, 6.07) is 0.832. The lowest BCUT2D eigenvalue weighted by atomic mass is 10.0. The van der Waals surface area contributed by atoms with Gasteiger partial charge in [-0.2, -0.15) is 13.2 Å². The predicted octanol–water partition coefficient (Wildman–Crippen LogP) is 3.49. The Morgan fingerprint density at radius 2 is 2.17 bits per heavy atom. The van der Waals surface area contributed by atoms with Gasteiger partial charge in [-0.25, -0.2) is 4.98 Å². The molecule has 0 aromatic carbocycles. The summed E-state index contributed by atoms with van der Waals surface area (Å²) in [6.45, 7) is 4.75. The van der Waals surface area contributed by atoms with Crippen molar-refractivity contribution >= 4 is 23.3 Å². The summed E-state index contributed by atoms with van der Waals surface area (Å²) >= 11 is 5.98. The van der Waals surface area contributed by atoms with E-state index in [1.165, 1.54) is 0 Å². The number of hydrogen-bond acceptors (Lipinski definition) is 3. The maximum absolute atomic E-state index is 12.7. The van der Waals surface area contributed by atoms with Gasteiger partial charge in [0, 0.05) is 31.2 Å². The van der Waals surface area contributed by atoms with Gasteiger partial charge in [0.1, 0.15) is 5.82 Å². The Bertz CT molecular complexity index is 578. The van der Waals surface area contributed by atoms with E-state index in [0.29, 0.717) is 18.9 Å². The highest BCUT2D eigenvalue weighted by Gasteiger charge is 2.32. The minimum Gasteiger partial charge on any atom is -0.353 e. The lowest BCUT2D eigenvalue weighted by molar-refractivity contribution is -0.137. The van der Waals surface area contributed by atoms with Crippen LogP contribution < -0.4 is 10.2 Å². The Balaban J connectivity index is 2.11. The number of carbonyl (C=O) groups excluding carboxylic acids is 1. The quantitative estimate of drug-likeness (QED) is 0.908. The number of anilines is 1. The van der Waals surface area contributed by atoms with Crippen molar-refractivity contribution in [2.24, 2.45) is 5.92 Å². The second-order valence-corrected chi connectivity index (χ2v) is 6.38. The molecule has 1 saturated heterocycles. The molecule has 0 radical (unpaired) electrons. The van der Waals surface area contributed by atoms with Gasteiger partial charge in [-0.15, -0.1) is 0 Å². The molecule has 0 bridgehead atoms. The minimum atomic E-state index is -4.47. The van der Waals surface area contributed by atoms with Crippen LogP contribution in [-0.2, 0) is 11.0 Å². The standard InChI is InChI=1S/C15H19ClF3N3O/c1-9(2)14(23)21-11-4-3-5-22(8-11)13-12(16)6-10(7-20-13)15(17,18)19/h6-7,9,11H,3-5,8H2,1-2H3,(H,21,23). The highest BCUT2D eigenvalue weighted by atomic mass is 35.5. The summed E-state index contributed by atoms with van der Waals surface area (Å²) in [5.41, 5.74) is -0.868. The Morgan fingerprint density at radius 3 is 2.74 bits per heavy atom. The lowest BCUT2D eigenvalue weighted by Gasteiger charge is -2.34. The van der Waals surface area contributed by atoms with Crippen LogP contribution in [0.1, 0.15) is 32.3 Å². The highest BCUT2D eigenvalue weighted by molar-refractivity contribution is 6.33. The molecule has 2 rings (SSSR count). The van der Waals surface area contributed by atoms with E-state index in [9.17, 15) is 18.0 Å². The monoisotopic (exact) mass is 349 g/mol. The summed E-state index contributed by atoms with van der Waals surface area (Å²) < 4.78 is 38.0. The first-order valence-electron chi connectivity index (χ1n) is 7.46. The van der Waals surface area contributed by atoms with Crippen molar-refractivity contribution in [3.05, 3.63) is 22.8 Å². The minimum absolute atomic E-state index is 0.0318. The van der Waals surface area contributed by atoms with Crippen LogP contribution in [-0.4, -0.2) is 30.0 Å². The van der Waals surface area contributed by atoms with Gasteiger partial charge >= 0.3 is 6.18 Å². The van der Waals surface area contributed by atoms with Gasteiger partial charge in [-0.3, -0.25) is 4.79 Å². The Hall–Kier alpha value is -1.50. The van der Waals surface area contributed by atoms with Gasteiger partial charge in [-0.1, -0.05) is 25.4 Å². The maximum Gasteiger partial charge on any atom is 0.417 e. The van der Waals surface area contributed by atoms with Crippen LogP contribution in [0.3, 0.4) is 0 Å². The van der Waals surface area contributed by atoms with E-state index < -0.39 is 11.7 Å². The van der Waals surface area contributed by atoms with E-state index in [0.717, 1.165) is 25.1 Å². The molecular formula is C15H19ClF3N3O. The second-order valence-electron chi connectivity index (χ2n) is 5.98. The summed E-state index contributed by atoms with van der Waals surface area (Å²) in [5.74, 6) is 0.171. The topological polar surface area (TPSA) is 45.2 Å². The first-order valence-corrected chi connectivity index (χ1v) is 7.84. The molecule has 1 fully saturated rings. The molecular weight excluding hydrogens is 331 g/mol. The number of carbonyl (C=O) groups is 1. The van der Waals surface area contributed by atoms with Crippen LogP contribution in [0.15, 0.2) is 12.3 Å². The molecule has 1 amide bonds. The SMILES string of the molecule is CC(C)C(=O)NC1CCCN(c2ncc(C(F)(F)F)cc2Cl)C1. The van der Waals surface area contributed by atoms with Crippen LogP contribution >= 0.6 is 11.6 Å². The van der Waals surface area contributed by atoms with Crippen LogP contribution in [0.4, 0.5) is 19.0 Å². The van der Waals surface area contributed by atoms with Crippen LogP contribution in [0.5, 0.6) is 0 Å². The average Bonchev–Trinajstić information content (AvgIpc) is 2.46. The molecule has 0 saturated carbocycles. The number of rotatable bonds is 3. The van der Waals surface area contributed by atoms with Crippen molar-refractivity contribution in [3.63, 3.8) is 0 Å². The van der Waals surface area contributed by atoms with Gasteiger partial charge in [0.2, 0.25) is 5.91 Å². The van der Waals surface area contributed by atoms with E-state index in [-0.39, 0.29) is 22.9 Å². The number of piperidine rings is 1. The molecule has 1 aliphatic rings. The smallest absolute Gasteiger partial charge is 0.353 e. The zero-order valence-corrected chi connectivity index (χ0v) is 13.7. The third-order valence-corrected chi connectivity index (χ3v) is 4.02. The predicted molar refractivity (Wildman–Crippen MR) is 82.5 cm³/mol. The number of nitrogens with zero attached hydrogens (tertiary/aromatic N) is 2. The molecule has 0 spiro atoms. The third-order valence-electron chi connectivity index (χ3n) is 3.74. The summed E-state index contributed by atoms with van der Waals surface area (Å²) in [7, 11) is 0. The maximum atomic E-state index is 12.7. The molecule has 2 heterocycles. The molecule has 1 aromatic heterocycles. The highest BCUT2D eigenvalue weighted by Crippen LogP contribution is 2.34. The normalized spacial score (nSPS) is 19.1.